The van der Waals surface area contributed by atoms with Crippen LogP contribution in [0.5, 0.6) is 0 Å². The van der Waals surface area contributed by atoms with E-state index >= 15 is 0 Å². The zero-order valence-electron chi connectivity index (χ0n) is 15.6. The van der Waals surface area contributed by atoms with Crippen molar-refractivity contribution in [3.8, 4) is 21.7 Å². The molecule has 1 aromatic carbocycles. The largest absolute Gasteiger partial charge is 0.619 e. The van der Waals surface area contributed by atoms with Gasteiger partial charge in [-0.25, -0.2) is 4.98 Å². The lowest BCUT2D eigenvalue weighted by Crippen LogP contribution is -2.23. The summed E-state index contributed by atoms with van der Waals surface area (Å²) in [6.45, 7) is 0. The number of pyridine rings is 2. The SMILES string of the molecule is O=C(Nc1nc(-c2ccc(C(F)(F)F)cc2)c(-c2cc[n+]([O-])cc2)s1)c1cccnc1. The van der Waals surface area contributed by atoms with Crippen molar-refractivity contribution in [3.63, 3.8) is 0 Å². The van der Waals surface area contributed by atoms with Crippen LogP contribution in [0, 0.1) is 5.21 Å². The molecular weight excluding hydrogens is 429 g/mol. The molecule has 6 nitrogen and oxygen atoms in total. The number of hydrogen-bond acceptors (Lipinski definition) is 5. The number of nitrogens with zero attached hydrogens (tertiary/aromatic N) is 3. The third-order valence-corrected chi connectivity index (χ3v) is 5.34. The molecule has 0 fully saturated rings. The highest BCUT2D eigenvalue weighted by atomic mass is 32.1. The number of alkyl halides is 3. The molecule has 4 rings (SSSR count). The van der Waals surface area contributed by atoms with E-state index in [0.717, 1.165) is 23.5 Å². The van der Waals surface area contributed by atoms with Crippen molar-refractivity contribution in [2.24, 2.45) is 0 Å². The lowest BCUT2D eigenvalue weighted by atomic mass is 10.1. The maximum atomic E-state index is 12.9. The molecule has 4 aromatic rings. The van der Waals surface area contributed by atoms with Gasteiger partial charge in [-0.3, -0.25) is 15.1 Å². The number of hydrogen-bond donors (Lipinski definition) is 1. The molecule has 0 radical (unpaired) electrons. The first-order valence-electron chi connectivity index (χ1n) is 8.90. The summed E-state index contributed by atoms with van der Waals surface area (Å²) >= 11 is 1.15. The van der Waals surface area contributed by atoms with Gasteiger partial charge in [0.2, 0.25) is 0 Å². The Balaban J connectivity index is 1.74. The average molecular weight is 442 g/mol. The van der Waals surface area contributed by atoms with Crippen molar-refractivity contribution >= 4 is 22.4 Å². The highest BCUT2D eigenvalue weighted by molar-refractivity contribution is 7.19. The predicted molar refractivity (Wildman–Crippen MR) is 109 cm³/mol. The van der Waals surface area contributed by atoms with Gasteiger partial charge in [-0.2, -0.15) is 17.9 Å². The summed E-state index contributed by atoms with van der Waals surface area (Å²) in [6, 6.07) is 11.0. The number of carbonyl (C=O) groups excluding carboxylic acids is 1. The van der Waals surface area contributed by atoms with E-state index in [2.05, 4.69) is 15.3 Å². The van der Waals surface area contributed by atoms with Gasteiger partial charge in [0, 0.05) is 35.7 Å². The Hall–Kier alpha value is -3.79. The Morgan fingerprint density at radius 1 is 1.03 bits per heavy atom. The van der Waals surface area contributed by atoms with E-state index in [4.69, 9.17) is 0 Å². The predicted octanol–water partition coefficient (Wildman–Crippen LogP) is 4.78. The first-order valence-corrected chi connectivity index (χ1v) is 9.72. The van der Waals surface area contributed by atoms with Crippen LogP contribution in [0.1, 0.15) is 15.9 Å². The van der Waals surface area contributed by atoms with Crippen LogP contribution in [-0.4, -0.2) is 15.9 Å². The molecule has 3 heterocycles. The molecule has 0 aliphatic heterocycles. The summed E-state index contributed by atoms with van der Waals surface area (Å²) in [5, 5.41) is 14.3. The second kappa shape index (κ2) is 8.15. The molecule has 0 saturated heterocycles. The van der Waals surface area contributed by atoms with E-state index in [0.29, 0.717) is 32.0 Å². The molecule has 31 heavy (non-hydrogen) atoms. The van der Waals surface area contributed by atoms with E-state index in [1.165, 1.54) is 30.7 Å². The minimum Gasteiger partial charge on any atom is -0.619 e. The number of nitrogens with one attached hydrogen (secondary N) is 1. The molecule has 0 unspecified atom stereocenters. The summed E-state index contributed by atoms with van der Waals surface area (Å²) in [7, 11) is 0. The Morgan fingerprint density at radius 2 is 1.74 bits per heavy atom. The molecule has 0 atom stereocenters. The van der Waals surface area contributed by atoms with Crippen molar-refractivity contribution in [1.82, 2.24) is 9.97 Å². The number of amides is 1. The van der Waals surface area contributed by atoms with Gasteiger partial charge in [-0.1, -0.05) is 23.5 Å². The Labute approximate surface area is 178 Å². The Bertz CT molecular complexity index is 1210. The molecule has 10 heteroatoms. The molecule has 0 bridgehead atoms. The molecule has 0 aliphatic carbocycles. The monoisotopic (exact) mass is 442 g/mol. The van der Waals surface area contributed by atoms with E-state index in [-0.39, 0.29) is 5.13 Å². The van der Waals surface area contributed by atoms with Crippen LogP contribution < -0.4 is 10.0 Å². The molecule has 1 amide bonds. The third-order valence-electron chi connectivity index (χ3n) is 4.32. The van der Waals surface area contributed by atoms with Gasteiger partial charge in [0.05, 0.1) is 21.7 Å². The summed E-state index contributed by atoms with van der Waals surface area (Å²) in [5.74, 6) is -0.419. The lowest BCUT2D eigenvalue weighted by molar-refractivity contribution is -0.605. The van der Waals surface area contributed by atoms with Crippen LogP contribution >= 0.6 is 11.3 Å². The number of halogens is 3. The van der Waals surface area contributed by atoms with Gasteiger partial charge >= 0.3 is 6.18 Å². The normalized spacial score (nSPS) is 11.3. The topological polar surface area (TPSA) is 81.8 Å². The number of carbonyl (C=O) groups is 1. The van der Waals surface area contributed by atoms with Crippen LogP contribution in [0.2, 0.25) is 0 Å². The van der Waals surface area contributed by atoms with Crippen molar-refractivity contribution in [1.29, 1.82) is 0 Å². The van der Waals surface area contributed by atoms with Gasteiger partial charge in [0.25, 0.3) is 5.91 Å². The minimum absolute atomic E-state index is 0.262. The zero-order valence-corrected chi connectivity index (χ0v) is 16.4. The quantitative estimate of drug-likeness (QED) is 0.364. The van der Waals surface area contributed by atoms with Crippen molar-refractivity contribution in [2.75, 3.05) is 5.32 Å². The van der Waals surface area contributed by atoms with Crippen LogP contribution in [0.3, 0.4) is 0 Å². The minimum atomic E-state index is -4.45. The van der Waals surface area contributed by atoms with Crippen LogP contribution in [0.4, 0.5) is 18.3 Å². The maximum absolute atomic E-state index is 12.9. The standard InChI is InChI=1S/C21H13F3N4O2S/c22-21(23,24)16-5-3-13(4-6-16)17-18(14-7-10-28(30)11-8-14)31-20(26-17)27-19(29)15-2-1-9-25-12-15/h1-12H,(H,26,27,29). The van der Waals surface area contributed by atoms with Gasteiger partial charge < -0.3 is 5.21 Å². The molecule has 3 aromatic heterocycles. The Morgan fingerprint density at radius 3 is 2.35 bits per heavy atom. The first-order chi connectivity index (χ1) is 14.8. The second-order valence-electron chi connectivity index (χ2n) is 6.41. The second-order valence-corrected chi connectivity index (χ2v) is 7.41. The van der Waals surface area contributed by atoms with Crippen molar-refractivity contribution < 1.29 is 22.7 Å². The fraction of sp³-hybridized carbons (Fsp3) is 0.0476. The van der Waals surface area contributed by atoms with E-state index < -0.39 is 17.6 Å². The molecule has 0 spiro atoms. The molecule has 1 N–H and O–H groups in total. The smallest absolute Gasteiger partial charge is 0.416 e. The van der Waals surface area contributed by atoms with Crippen LogP contribution in [0.15, 0.2) is 73.3 Å². The summed E-state index contributed by atoms with van der Waals surface area (Å²) < 4.78 is 39.4. The summed E-state index contributed by atoms with van der Waals surface area (Å²) in [6.07, 6.45) is 1.11. The number of anilines is 1. The summed E-state index contributed by atoms with van der Waals surface area (Å²) in [5.41, 5.74) is 1.04. The average Bonchev–Trinajstić information content (AvgIpc) is 3.18. The Kier molecular flexibility index (Phi) is 5.38. The van der Waals surface area contributed by atoms with Crippen molar-refractivity contribution in [2.45, 2.75) is 6.18 Å². The van der Waals surface area contributed by atoms with Crippen LogP contribution in [-0.2, 0) is 6.18 Å². The number of thiazole rings is 1. The number of aromatic nitrogens is 3. The molecule has 0 aliphatic rings. The first kappa shape index (κ1) is 20.5. The molecule has 156 valence electrons. The highest BCUT2D eigenvalue weighted by Crippen LogP contribution is 2.40. The zero-order chi connectivity index (χ0) is 22.0. The fourth-order valence-electron chi connectivity index (χ4n) is 2.81. The van der Waals surface area contributed by atoms with Gasteiger partial charge in [0.15, 0.2) is 17.5 Å². The maximum Gasteiger partial charge on any atom is 0.416 e. The molecular formula is C21H13F3N4O2S. The van der Waals surface area contributed by atoms with Crippen molar-refractivity contribution in [3.05, 3.63) is 89.7 Å². The van der Waals surface area contributed by atoms with E-state index in [9.17, 15) is 23.2 Å². The van der Waals surface area contributed by atoms with Gasteiger partial charge in [-0.15, -0.1) is 0 Å². The summed E-state index contributed by atoms with van der Waals surface area (Å²) in [4.78, 5) is 21.4. The van der Waals surface area contributed by atoms with Crippen LogP contribution in [0.25, 0.3) is 21.7 Å². The molecule has 0 saturated carbocycles. The highest BCUT2D eigenvalue weighted by Gasteiger charge is 2.30. The van der Waals surface area contributed by atoms with Gasteiger partial charge in [0.1, 0.15) is 0 Å². The number of rotatable bonds is 4. The van der Waals surface area contributed by atoms with Gasteiger partial charge in [-0.05, 0) is 24.3 Å². The number of benzene rings is 1. The fourth-order valence-corrected chi connectivity index (χ4v) is 3.80. The van der Waals surface area contributed by atoms with E-state index in [1.807, 2.05) is 0 Å². The lowest BCUT2D eigenvalue weighted by Gasteiger charge is -2.07. The third kappa shape index (κ3) is 4.53. The van der Waals surface area contributed by atoms with E-state index in [1.54, 1.807) is 30.5 Å².